The summed E-state index contributed by atoms with van der Waals surface area (Å²) in [6, 6.07) is 10.2. The molecule has 2 N–H and O–H groups in total. The average Bonchev–Trinajstić information content (AvgIpc) is 3.04. The van der Waals surface area contributed by atoms with Gasteiger partial charge < -0.3 is 5.11 Å². The zero-order valence-electron chi connectivity index (χ0n) is 14.0. The second-order valence-corrected chi connectivity index (χ2v) is 7.34. The Labute approximate surface area is 141 Å². The number of H-pyrrole nitrogens is 1. The minimum absolute atomic E-state index is 0.0706. The second kappa shape index (κ2) is 5.33. The molecule has 0 radical (unpaired) electrons. The third-order valence-electron chi connectivity index (χ3n) is 6.06. The highest BCUT2D eigenvalue weighted by molar-refractivity contribution is 5.98. The lowest BCUT2D eigenvalue weighted by atomic mass is 9.55. The van der Waals surface area contributed by atoms with E-state index >= 15 is 0 Å². The number of carbonyl (C=O) groups is 1. The van der Waals surface area contributed by atoms with E-state index in [0.29, 0.717) is 12.0 Å². The molecular formula is C20H22N2O2. The fourth-order valence-electron chi connectivity index (χ4n) is 4.81. The predicted octanol–water partition coefficient (Wildman–Crippen LogP) is 3.95. The van der Waals surface area contributed by atoms with Gasteiger partial charge in [0.2, 0.25) is 0 Å². The van der Waals surface area contributed by atoms with Gasteiger partial charge in [0.25, 0.3) is 0 Å². The Bertz CT molecular complexity index is 821. The first-order valence-electron chi connectivity index (χ1n) is 8.57. The number of hydrogen-bond acceptors (Lipinski definition) is 3. The van der Waals surface area contributed by atoms with Crippen molar-refractivity contribution in [3.05, 3.63) is 53.4 Å². The standard InChI is InChI=1S/C20H22N2O2/c1-12-16-9-8-15-17(13-6-4-3-5-7-13)21-22-19(15)20(16,2)10-14(11-23)18(12)24/h3-7,11-12,16,23H,8-10H2,1-2H3,(H,21,22)/b14-11-/t12-,16-,20-/m0/s1. The minimum atomic E-state index is -0.185. The van der Waals surface area contributed by atoms with Crippen LogP contribution in [0.4, 0.5) is 0 Å². The van der Waals surface area contributed by atoms with Gasteiger partial charge in [0.05, 0.1) is 12.0 Å². The summed E-state index contributed by atoms with van der Waals surface area (Å²) in [6.07, 6.45) is 3.49. The van der Waals surface area contributed by atoms with Crippen molar-refractivity contribution in [2.24, 2.45) is 11.8 Å². The molecule has 0 unspecified atom stereocenters. The van der Waals surface area contributed by atoms with E-state index in [1.54, 1.807) is 0 Å². The van der Waals surface area contributed by atoms with Crippen LogP contribution in [0.15, 0.2) is 42.2 Å². The Balaban J connectivity index is 1.83. The van der Waals surface area contributed by atoms with E-state index in [0.717, 1.165) is 36.1 Å². The van der Waals surface area contributed by atoms with E-state index in [4.69, 9.17) is 0 Å². The van der Waals surface area contributed by atoms with Gasteiger partial charge in [-0.25, -0.2) is 0 Å². The summed E-state index contributed by atoms with van der Waals surface area (Å²) in [5, 5.41) is 17.4. The van der Waals surface area contributed by atoms with Crippen LogP contribution in [0, 0.1) is 11.8 Å². The highest BCUT2D eigenvalue weighted by atomic mass is 16.2. The molecule has 1 aromatic heterocycles. The number of rotatable bonds is 1. The molecule has 0 spiro atoms. The van der Waals surface area contributed by atoms with E-state index in [9.17, 15) is 9.90 Å². The van der Waals surface area contributed by atoms with Crippen LogP contribution >= 0.6 is 0 Å². The number of aliphatic hydroxyl groups is 1. The molecule has 1 heterocycles. The number of aromatic amines is 1. The number of nitrogens with zero attached hydrogens (tertiary/aromatic N) is 1. The zero-order valence-corrected chi connectivity index (χ0v) is 14.0. The second-order valence-electron chi connectivity index (χ2n) is 7.34. The van der Waals surface area contributed by atoms with Crippen molar-refractivity contribution in [1.29, 1.82) is 0 Å². The van der Waals surface area contributed by atoms with Gasteiger partial charge in [-0.3, -0.25) is 9.89 Å². The van der Waals surface area contributed by atoms with Gasteiger partial charge >= 0.3 is 0 Å². The molecule has 124 valence electrons. The number of nitrogens with one attached hydrogen (secondary N) is 1. The van der Waals surface area contributed by atoms with E-state index in [1.165, 1.54) is 5.56 Å². The van der Waals surface area contributed by atoms with Crippen molar-refractivity contribution in [3.8, 4) is 11.3 Å². The predicted molar refractivity (Wildman–Crippen MR) is 92.7 cm³/mol. The first-order chi connectivity index (χ1) is 11.6. The number of benzene rings is 1. The van der Waals surface area contributed by atoms with Crippen molar-refractivity contribution in [1.82, 2.24) is 10.2 Å². The van der Waals surface area contributed by atoms with Crippen LogP contribution in [0.25, 0.3) is 11.3 Å². The van der Waals surface area contributed by atoms with Crippen LogP contribution < -0.4 is 0 Å². The third-order valence-corrected chi connectivity index (χ3v) is 6.06. The van der Waals surface area contributed by atoms with Gasteiger partial charge in [0.15, 0.2) is 5.78 Å². The zero-order chi connectivity index (χ0) is 16.9. The molecule has 0 saturated heterocycles. The van der Waals surface area contributed by atoms with Gasteiger partial charge in [-0.2, -0.15) is 5.10 Å². The third kappa shape index (κ3) is 1.98. The first-order valence-corrected chi connectivity index (χ1v) is 8.57. The fourth-order valence-corrected chi connectivity index (χ4v) is 4.81. The molecule has 1 fully saturated rings. The topological polar surface area (TPSA) is 66.0 Å². The van der Waals surface area contributed by atoms with Crippen LogP contribution in [0.2, 0.25) is 0 Å². The number of hydrogen-bond donors (Lipinski definition) is 2. The molecule has 2 aliphatic rings. The molecule has 4 nitrogen and oxygen atoms in total. The Kier molecular flexibility index (Phi) is 3.37. The Hall–Kier alpha value is -2.36. The molecule has 2 aromatic rings. The molecule has 4 rings (SSSR count). The summed E-state index contributed by atoms with van der Waals surface area (Å²) >= 11 is 0. The summed E-state index contributed by atoms with van der Waals surface area (Å²) < 4.78 is 0. The van der Waals surface area contributed by atoms with Crippen molar-refractivity contribution < 1.29 is 9.90 Å². The lowest BCUT2D eigenvalue weighted by Crippen LogP contribution is -2.47. The number of fused-ring (bicyclic) bond motifs is 3. The quantitative estimate of drug-likeness (QED) is 0.617. The SMILES string of the molecule is C[C@@H]1C(=O)/C(=C\O)C[C@]2(C)c3[nH]nc(-c4ccccc4)c3CC[C@@H]12. The molecule has 24 heavy (non-hydrogen) atoms. The maximum Gasteiger partial charge on any atom is 0.165 e. The van der Waals surface area contributed by atoms with Crippen molar-refractivity contribution >= 4 is 5.78 Å². The molecule has 0 aliphatic heterocycles. The van der Waals surface area contributed by atoms with Gasteiger partial charge in [0, 0.05) is 33.7 Å². The molecule has 1 saturated carbocycles. The summed E-state index contributed by atoms with van der Waals surface area (Å²) in [6.45, 7) is 4.20. The number of carbonyl (C=O) groups excluding carboxylic acids is 1. The first kappa shape index (κ1) is 15.2. The van der Waals surface area contributed by atoms with E-state index < -0.39 is 0 Å². The van der Waals surface area contributed by atoms with Crippen LogP contribution in [0.1, 0.15) is 37.9 Å². The molecule has 3 atom stereocenters. The molecule has 0 bridgehead atoms. The van der Waals surface area contributed by atoms with Crippen LogP contribution in [-0.4, -0.2) is 21.1 Å². The summed E-state index contributed by atoms with van der Waals surface area (Å²) in [4.78, 5) is 12.4. The van der Waals surface area contributed by atoms with Crippen LogP contribution in [0.5, 0.6) is 0 Å². The molecule has 1 aromatic carbocycles. The average molecular weight is 322 g/mol. The lowest BCUT2D eigenvalue weighted by molar-refractivity contribution is -0.124. The Morgan fingerprint density at radius 1 is 1.33 bits per heavy atom. The maximum atomic E-state index is 12.4. The van der Waals surface area contributed by atoms with Gasteiger partial charge in [-0.05, 0) is 25.2 Å². The molecule has 0 amide bonds. The minimum Gasteiger partial charge on any atom is -0.515 e. The van der Waals surface area contributed by atoms with Gasteiger partial charge in [-0.15, -0.1) is 0 Å². The number of allylic oxidation sites excluding steroid dienone is 1. The molecule has 2 aliphatic carbocycles. The highest BCUT2D eigenvalue weighted by Gasteiger charge is 2.51. The molecule has 4 heteroatoms. The summed E-state index contributed by atoms with van der Waals surface area (Å²) in [5.41, 5.74) is 4.88. The van der Waals surface area contributed by atoms with Crippen molar-refractivity contribution in [2.75, 3.05) is 0 Å². The smallest absolute Gasteiger partial charge is 0.165 e. The summed E-state index contributed by atoms with van der Waals surface area (Å²) in [5.74, 6) is 0.301. The van der Waals surface area contributed by atoms with Gasteiger partial charge in [0.1, 0.15) is 0 Å². The normalized spacial score (nSPS) is 30.9. The van der Waals surface area contributed by atoms with Crippen LogP contribution in [-0.2, 0) is 16.6 Å². The molecular weight excluding hydrogens is 300 g/mol. The van der Waals surface area contributed by atoms with Crippen molar-refractivity contribution in [2.45, 2.75) is 38.5 Å². The number of Topliss-reactive ketones (excluding diaryl/α,β-unsaturated/α-hetero) is 1. The Morgan fingerprint density at radius 2 is 2.08 bits per heavy atom. The fraction of sp³-hybridized carbons (Fsp3) is 0.400. The number of aliphatic hydroxyl groups excluding tert-OH is 1. The van der Waals surface area contributed by atoms with E-state index in [2.05, 4.69) is 29.3 Å². The van der Waals surface area contributed by atoms with E-state index in [-0.39, 0.29) is 23.0 Å². The number of aromatic nitrogens is 2. The maximum absolute atomic E-state index is 12.4. The Morgan fingerprint density at radius 3 is 2.79 bits per heavy atom. The highest BCUT2D eigenvalue weighted by Crippen LogP contribution is 2.52. The monoisotopic (exact) mass is 322 g/mol. The lowest BCUT2D eigenvalue weighted by Gasteiger charge is -2.47. The number of ketones is 1. The largest absolute Gasteiger partial charge is 0.515 e. The van der Waals surface area contributed by atoms with E-state index in [1.807, 2.05) is 25.1 Å². The summed E-state index contributed by atoms with van der Waals surface area (Å²) in [7, 11) is 0. The van der Waals surface area contributed by atoms with Crippen LogP contribution in [0.3, 0.4) is 0 Å². The van der Waals surface area contributed by atoms with Crippen molar-refractivity contribution in [3.63, 3.8) is 0 Å². The van der Waals surface area contributed by atoms with Gasteiger partial charge in [-0.1, -0.05) is 44.2 Å².